The first-order valence-electron chi connectivity index (χ1n) is 3.69. The van der Waals surface area contributed by atoms with Crippen LogP contribution in [-0.4, -0.2) is 0 Å². The van der Waals surface area contributed by atoms with Gasteiger partial charge in [0.25, 0.3) is 0 Å². The van der Waals surface area contributed by atoms with Gasteiger partial charge in [-0.2, -0.15) is 0 Å². The Morgan fingerprint density at radius 2 is 2.11 bits per heavy atom. The van der Waals surface area contributed by atoms with Crippen LogP contribution < -0.4 is 0 Å². The summed E-state index contributed by atoms with van der Waals surface area (Å²) in [4.78, 5) is 0. The SMILES string of the molecule is C=CC=CCCCCC. The summed E-state index contributed by atoms with van der Waals surface area (Å²) in [5, 5.41) is 0. The number of hydrogen-bond acceptors (Lipinski definition) is 0. The molecule has 52 valence electrons. The fourth-order valence-corrected chi connectivity index (χ4v) is 0.705. The van der Waals surface area contributed by atoms with Gasteiger partial charge in [-0.1, -0.05) is 44.6 Å². The van der Waals surface area contributed by atoms with Gasteiger partial charge in [0.1, 0.15) is 0 Å². The molecule has 0 rings (SSSR count). The van der Waals surface area contributed by atoms with E-state index < -0.39 is 0 Å². The number of allylic oxidation sites excluding steroid dienone is 3. The lowest BCUT2D eigenvalue weighted by atomic mass is 10.2. The summed E-state index contributed by atoms with van der Waals surface area (Å²) in [6.45, 7) is 5.81. The first-order chi connectivity index (χ1) is 4.41. The van der Waals surface area contributed by atoms with Crippen molar-refractivity contribution < 1.29 is 0 Å². The molecule has 0 unspecified atom stereocenters. The van der Waals surface area contributed by atoms with Gasteiger partial charge in [-0.25, -0.2) is 0 Å². The number of rotatable bonds is 5. The van der Waals surface area contributed by atoms with Gasteiger partial charge < -0.3 is 0 Å². The van der Waals surface area contributed by atoms with E-state index in [0.717, 1.165) is 0 Å². The highest BCUT2D eigenvalue weighted by Gasteiger charge is 1.78. The molecule has 0 spiro atoms. The minimum Gasteiger partial charge on any atom is -0.0991 e. The predicted octanol–water partition coefficient (Wildman–Crippen LogP) is 3.31. The van der Waals surface area contributed by atoms with E-state index >= 15 is 0 Å². The maximum absolute atomic E-state index is 3.59. The zero-order chi connectivity index (χ0) is 6.95. The molecule has 0 radical (unpaired) electrons. The normalized spacial score (nSPS) is 10.3. The van der Waals surface area contributed by atoms with Gasteiger partial charge in [-0.05, 0) is 12.8 Å². The molecule has 0 saturated carbocycles. The third kappa shape index (κ3) is 7.48. The third-order valence-electron chi connectivity index (χ3n) is 1.25. The van der Waals surface area contributed by atoms with Crippen LogP contribution in [0, 0.1) is 0 Å². The molecule has 0 heterocycles. The Labute approximate surface area is 58.3 Å². The van der Waals surface area contributed by atoms with Crippen molar-refractivity contribution in [2.75, 3.05) is 0 Å². The Morgan fingerprint density at radius 1 is 1.33 bits per heavy atom. The first kappa shape index (κ1) is 8.48. The maximum Gasteiger partial charge on any atom is -0.0348 e. The molecule has 0 amide bonds. The van der Waals surface area contributed by atoms with E-state index in [-0.39, 0.29) is 0 Å². The molecule has 0 bridgehead atoms. The van der Waals surface area contributed by atoms with E-state index in [4.69, 9.17) is 0 Å². The fourth-order valence-electron chi connectivity index (χ4n) is 0.705. The summed E-state index contributed by atoms with van der Waals surface area (Å²) in [6, 6.07) is 0. The van der Waals surface area contributed by atoms with Crippen LogP contribution in [0.1, 0.15) is 32.6 Å². The zero-order valence-corrected chi connectivity index (χ0v) is 6.27. The standard InChI is InChI=1S/C9H16/c1-3-5-7-9-8-6-4-2/h3,5,7H,1,4,6,8-9H2,2H3. The van der Waals surface area contributed by atoms with Gasteiger partial charge in [-0.3, -0.25) is 0 Å². The summed E-state index contributed by atoms with van der Waals surface area (Å²) < 4.78 is 0. The molecule has 9 heavy (non-hydrogen) atoms. The van der Waals surface area contributed by atoms with Crippen molar-refractivity contribution in [1.82, 2.24) is 0 Å². The second-order valence-electron chi connectivity index (χ2n) is 2.16. The first-order valence-corrected chi connectivity index (χ1v) is 3.69. The Hall–Kier alpha value is -0.520. The van der Waals surface area contributed by atoms with Crippen molar-refractivity contribution in [1.29, 1.82) is 0 Å². The summed E-state index contributed by atoms with van der Waals surface area (Å²) in [5.41, 5.74) is 0. The van der Waals surface area contributed by atoms with Crippen LogP contribution in [0.25, 0.3) is 0 Å². The summed E-state index contributed by atoms with van der Waals surface area (Å²) in [6.07, 6.45) is 11.2. The highest BCUT2D eigenvalue weighted by atomic mass is 13.8. The third-order valence-corrected chi connectivity index (χ3v) is 1.25. The Kier molecular flexibility index (Phi) is 7.05. The van der Waals surface area contributed by atoms with Crippen molar-refractivity contribution in [3.05, 3.63) is 24.8 Å². The molecular formula is C9H16. The summed E-state index contributed by atoms with van der Waals surface area (Å²) in [7, 11) is 0. The lowest BCUT2D eigenvalue weighted by Crippen LogP contribution is -1.69. The summed E-state index contributed by atoms with van der Waals surface area (Å²) in [5.74, 6) is 0. The molecule has 0 aliphatic rings. The van der Waals surface area contributed by atoms with Crippen molar-refractivity contribution in [2.45, 2.75) is 32.6 Å². The number of unbranched alkanes of at least 4 members (excludes halogenated alkanes) is 3. The van der Waals surface area contributed by atoms with Crippen LogP contribution in [0.2, 0.25) is 0 Å². The van der Waals surface area contributed by atoms with Crippen LogP contribution in [0.3, 0.4) is 0 Å². The van der Waals surface area contributed by atoms with E-state index in [9.17, 15) is 0 Å². The average Bonchev–Trinajstić information content (AvgIpc) is 1.89. The molecule has 0 aromatic heterocycles. The lowest BCUT2D eigenvalue weighted by molar-refractivity contribution is 0.729. The topological polar surface area (TPSA) is 0 Å². The van der Waals surface area contributed by atoms with Gasteiger partial charge in [-0.15, -0.1) is 0 Å². The predicted molar refractivity (Wildman–Crippen MR) is 43.5 cm³/mol. The van der Waals surface area contributed by atoms with Crippen molar-refractivity contribution in [2.24, 2.45) is 0 Å². The highest BCUT2D eigenvalue weighted by molar-refractivity contribution is 4.96. The van der Waals surface area contributed by atoms with Gasteiger partial charge in [0, 0.05) is 0 Å². The smallest absolute Gasteiger partial charge is 0.0348 e. The van der Waals surface area contributed by atoms with Crippen LogP contribution in [0.4, 0.5) is 0 Å². The molecule has 0 aromatic rings. The number of hydrogen-bond donors (Lipinski definition) is 0. The molecule has 0 heteroatoms. The lowest BCUT2D eigenvalue weighted by Gasteiger charge is -1.89. The van der Waals surface area contributed by atoms with Crippen LogP contribution in [0.5, 0.6) is 0 Å². The maximum atomic E-state index is 3.59. The van der Waals surface area contributed by atoms with Gasteiger partial charge in [0.05, 0.1) is 0 Å². The largest absolute Gasteiger partial charge is 0.0991 e. The Morgan fingerprint density at radius 3 is 2.67 bits per heavy atom. The van der Waals surface area contributed by atoms with E-state index in [1.165, 1.54) is 25.7 Å². The summed E-state index contributed by atoms with van der Waals surface area (Å²) >= 11 is 0. The second-order valence-corrected chi connectivity index (χ2v) is 2.16. The van der Waals surface area contributed by atoms with Crippen molar-refractivity contribution in [3.8, 4) is 0 Å². The second kappa shape index (κ2) is 7.48. The van der Waals surface area contributed by atoms with Gasteiger partial charge >= 0.3 is 0 Å². The molecular weight excluding hydrogens is 108 g/mol. The fraction of sp³-hybridized carbons (Fsp3) is 0.556. The molecule has 0 aliphatic heterocycles. The minimum absolute atomic E-state index is 1.21. The molecule has 0 atom stereocenters. The van der Waals surface area contributed by atoms with Crippen LogP contribution >= 0.6 is 0 Å². The van der Waals surface area contributed by atoms with E-state index in [1.807, 2.05) is 12.2 Å². The van der Waals surface area contributed by atoms with Crippen LogP contribution in [0.15, 0.2) is 24.8 Å². The van der Waals surface area contributed by atoms with Gasteiger partial charge in [0.15, 0.2) is 0 Å². The van der Waals surface area contributed by atoms with E-state index in [1.54, 1.807) is 0 Å². The quantitative estimate of drug-likeness (QED) is 0.389. The monoisotopic (exact) mass is 124 g/mol. The van der Waals surface area contributed by atoms with E-state index in [2.05, 4.69) is 19.6 Å². The van der Waals surface area contributed by atoms with E-state index in [0.29, 0.717) is 0 Å². The Balaban J connectivity index is 2.90. The van der Waals surface area contributed by atoms with Crippen molar-refractivity contribution in [3.63, 3.8) is 0 Å². The molecule has 0 aromatic carbocycles. The molecule has 0 fully saturated rings. The zero-order valence-electron chi connectivity index (χ0n) is 6.27. The van der Waals surface area contributed by atoms with Crippen molar-refractivity contribution >= 4 is 0 Å². The average molecular weight is 124 g/mol. The molecule has 0 N–H and O–H groups in total. The molecule has 0 aliphatic carbocycles. The van der Waals surface area contributed by atoms with Crippen LogP contribution in [-0.2, 0) is 0 Å². The minimum atomic E-state index is 1.21. The highest BCUT2D eigenvalue weighted by Crippen LogP contribution is 1.98. The Bertz CT molecular complexity index is 80.0. The molecule has 0 nitrogen and oxygen atoms in total. The molecule has 0 saturated heterocycles. The van der Waals surface area contributed by atoms with Gasteiger partial charge in [0.2, 0.25) is 0 Å².